The lowest BCUT2D eigenvalue weighted by Gasteiger charge is -2.18. The molecule has 0 radical (unpaired) electrons. The number of rotatable bonds is 56. The van der Waals surface area contributed by atoms with Crippen LogP contribution in [-0.2, 0) is 101 Å². The molecule has 7 fully saturated rings. The van der Waals surface area contributed by atoms with Gasteiger partial charge < -0.3 is 132 Å². The molecule has 0 saturated carbocycles. The van der Waals surface area contributed by atoms with Crippen molar-refractivity contribution in [2.24, 2.45) is 10.1 Å². The maximum absolute atomic E-state index is 12.3. The van der Waals surface area contributed by atoms with E-state index in [1.807, 2.05) is 23.5 Å². The molecule has 42 nitrogen and oxygen atoms in total. The van der Waals surface area contributed by atoms with E-state index in [2.05, 4.69) is 64.0 Å². The van der Waals surface area contributed by atoms with E-state index in [1.165, 1.54) is 12.4 Å². The Morgan fingerprint density at radius 1 is 0.554 bits per heavy atom. The summed E-state index contributed by atoms with van der Waals surface area (Å²) in [6, 6.07) is 0.782. The number of imide groups is 1. The van der Waals surface area contributed by atoms with Crippen LogP contribution in [0, 0.1) is 0 Å². The number of carbonyl (C=O) groups is 8. The molecule has 0 aromatic carbocycles. The van der Waals surface area contributed by atoms with Gasteiger partial charge in [0, 0.05) is 136 Å². The third kappa shape index (κ3) is 38.3. The summed E-state index contributed by atoms with van der Waals surface area (Å²) in [4.78, 5) is 127. The lowest BCUT2D eigenvalue weighted by Crippen LogP contribution is -2.36. The number of aliphatic hydroxyl groups excluding tert-OH is 6. The first-order valence-electron chi connectivity index (χ1n) is 41.5. The van der Waals surface area contributed by atoms with E-state index in [0.717, 1.165) is 64.1 Å². The van der Waals surface area contributed by atoms with E-state index < -0.39 is 80.8 Å². The number of hydrogen-bond acceptors (Lipinski definition) is 36. The van der Waals surface area contributed by atoms with Gasteiger partial charge in [0.2, 0.25) is 23.6 Å². The fourth-order valence-electron chi connectivity index (χ4n) is 13.4. The molecule has 7 saturated heterocycles. The summed E-state index contributed by atoms with van der Waals surface area (Å²) in [5.74, 6) is 1.36. The van der Waals surface area contributed by atoms with E-state index >= 15 is 0 Å². The highest BCUT2D eigenvalue weighted by molar-refractivity contribution is 8.00. The maximum atomic E-state index is 12.3. The summed E-state index contributed by atoms with van der Waals surface area (Å²) in [5.41, 5.74) is 16.7. The number of Topliss-reactive ketones (excluding diaryl/α,β-unsaturated/α-hetero) is 2. The number of carbonyl (C=O) groups excluding carboxylic acids is 8. The van der Waals surface area contributed by atoms with Crippen molar-refractivity contribution >= 4 is 94.8 Å². The summed E-state index contributed by atoms with van der Waals surface area (Å²) < 4.78 is 75.0. The zero-order chi connectivity index (χ0) is 89.0. The number of anilines is 2. The summed E-state index contributed by atoms with van der Waals surface area (Å²) in [6.07, 6.45) is 3.19. The minimum absolute atomic E-state index is 0.0221. The number of nitrogens with two attached hydrogens (primary N) is 3. The summed E-state index contributed by atoms with van der Waals surface area (Å²) in [5, 5.41) is 80.0. The molecule has 688 valence electrons. The van der Waals surface area contributed by atoms with Gasteiger partial charge in [-0.1, -0.05) is 12.8 Å². The highest BCUT2D eigenvalue weighted by Crippen LogP contribution is 2.35. The number of aryl methyl sites for hydroxylation is 2. The van der Waals surface area contributed by atoms with E-state index in [1.54, 1.807) is 7.05 Å². The van der Waals surface area contributed by atoms with Gasteiger partial charge in [-0.2, -0.15) is 33.5 Å². The predicted molar refractivity (Wildman–Crippen MR) is 443 cm³/mol. The number of urea groups is 2. The number of hydrogen-bond donors (Lipinski definition) is 16. The number of likely N-dealkylation sites (tertiary alicyclic amines) is 1. The first-order valence-corrected chi connectivity index (χ1v) is 43.3. The van der Waals surface area contributed by atoms with Gasteiger partial charge in [0.1, 0.15) is 54.0 Å². The molecule has 121 heavy (non-hydrogen) atoms. The second-order valence-electron chi connectivity index (χ2n) is 28.6. The van der Waals surface area contributed by atoms with Crippen LogP contribution in [0.25, 0.3) is 0 Å². The van der Waals surface area contributed by atoms with Crippen LogP contribution in [0.3, 0.4) is 0 Å². The Labute approximate surface area is 717 Å². The van der Waals surface area contributed by atoms with Crippen LogP contribution in [-0.4, -0.2) is 357 Å². The number of nitrogens with one attached hydrogen (secondary N) is 7. The van der Waals surface area contributed by atoms with Crippen molar-refractivity contribution in [1.82, 2.24) is 61.2 Å². The normalized spacial score (nSPS) is 23.7. The average Bonchev–Trinajstić information content (AvgIpc) is 1.62. The van der Waals surface area contributed by atoms with Crippen molar-refractivity contribution in [1.29, 1.82) is 0 Å². The van der Waals surface area contributed by atoms with Crippen molar-refractivity contribution in [3.63, 3.8) is 0 Å². The third-order valence-corrected chi connectivity index (χ3v) is 22.8. The van der Waals surface area contributed by atoms with Gasteiger partial charge in [0.15, 0.2) is 18.2 Å². The van der Waals surface area contributed by atoms with E-state index in [9.17, 15) is 77.9 Å². The number of ketones is 2. The fourth-order valence-corrected chi connectivity index (χ4v) is 16.5. The van der Waals surface area contributed by atoms with Crippen LogP contribution in [0.5, 0.6) is 0 Å². The molecule has 0 bridgehead atoms. The van der Waals surface area contributed by atoms with Gasteiger partial charge in [0.25, 0.3) is 0 Å². The minimum Gasteiger partial charge on any atom is -0.394 e. The zero-order valence-corrected chi connectivity index (χ0v) is 71.2. The molecule has 19 N–H and O–H groups in total. The summed E-state index contributed by atoms with van der Waals surface area (Å²) >= 11 is 7.81. The maximum Gasteiger partial charge on any atom is 0.351 e. The second-order valence-corrected chi connectivity index (χ2v) is 31.5. The standard InChI is InChI=1S/C35H59N7O12S.C26H42N4O9S.C12H20N4O5.CH3F.CH3NS/c36-32-23(20-42(35(49)41-32)33-31(47)30(46)26(21-43)54-33)4-3-9-38-28(45)8-12-50-14-16-52-18-19-53-17-15-51-13-11-37-10-7-24(44)5-1-2-6-27-29-25(22-55-27)39-34(48)40-29;31-19(17-30-23(33)5-6-24(30)34)7-9-36-11-13-38-15-16-39-14-12-37-10-8-27-22(32)4-2-1-3-21-25-20(18-40-21)28-26(35)29-25;13-3-1-2-6-4-16(12(20)15-10(6)14)11-9(19)8(18)7(5-17)21-11;1-2;1-2-3/h20,25-27,29-31,33,37,43,46-47H,1-19,21-22H2,(H,38,45)(H2,36,41,49)(H2,39,40,48);20-21,25H,1-18H2,(H,27,32)(H2,28,29,35);4,7-9,11,17-19H,1-3,5,13H2,(H2,14,15,20);1H3;1H3/t25-,26+,27-,29-,30-,31?,33+;20-,21-,25-;7-,8+,9?,11-;;/m001../s1/i;;;1D;. The van der Waals surface area contributed by atoms with Crippen molar-refractivity contribution in [2.45, 2.75) is 193 Å². The first-order chi connectivity index (χ1) is 58.9. The van der Waals surface area contributed by atoms with Gasteiger partial charge in [-0.3, -0.25) is 47.2 Å². The van der Waals surface area contributed by atoms with E-state index in [0.29, 0.717) is 192 Å². The largest absolute Gasteiger partial charge is 0.394 e. The number of fused-ring (bicyclic) bond motifs is 2. The molecule has 0 spiro atoms. The smallest absolute Gasteiger partial charge is 0.351 e. The number of unbranched alkanes of at least 4 members (excludes halogenated alkanes) is 2. The zero-order valence-electron chi connectivity index (χ0n) is 69.7. The Balaban J connectivity index is 0.000000342. The van der Waals surface area contributed by atoms with Gasteiger partial charge in [-0.05, 0) is 57.9 Å². The van der Waals surface area contributed by atoms with E-state index in [-0.39, 0.29) is 129 Å². The number of thioether (sulfide) groups is 2. The second kappa shape index (κ2) is 60.8. The Kier molecular flexibility index (Phi) is 51.7. The van der Waals surface area contributed by atoms with Crippen LogP contribution in [0.2, 0.25) is 0 Å². The molecule has 9 heterocycles. The molecule has 2 aromatic rings. The molecule has 14 atom stereocenters. The highest BCUT2D eigenvalue weighted by atomic mass is 32.2. The number of amides is 8. The van der Waals surface area contributed by atoms with Crippen molar-refractivity contribution in [2.75, 3.05) is 195 Å². The summed E-state index contributed by atoms with van der Waals surface area (Å²) in [7, 11) is 0.565. The Morgan fingerprint density at radius 3 is 1.40 bits per heavy atom. The quantitative estimate of drug-likeness (QED) is 0.0173. The molecule has 2 aromatic heterocycles. The lowest BCUT2D eigenvalue weighted by atomic mass is 10.0. The SMILES string of the molecule is CN=S.NCCCc1cn([C@@H]2O[C@H](CO)[C@H](O)C2O)c(=O)nc1N.Nc1nc(=O)n([C@@H]2O[C@H](CO)[C@H](O)C2O)cc1CCCNC(=O)CCOCCOCCOCCOCCNCCC(=O)CCCC[C@@H]1SC[C@@H]2NC(=O)N[C@@H]21.O=C(CCOCCOCCOCCOCCNC(=O)CCCC[C@@H]1SC[C@@H]2NC(=O)N[C@@H]21)CN1C(=O)CCC1=O.[2H]CF. The Bertz CT molecular complexity index is 3550. The van der Waals surface area contributed by atoms with Gasteiger partial charge in [-0.15, -0.1) is 0 Å². The number of aliphatic hydroxyl groups is 6. The number of alkyl halides is 1. The van der Waals surface area contributed by atoms with Gasteiger partial charge in [0.05, 0.1) is 158 Å². The number of halogens is 1. The minimum atomic E-state index is -1.43. The fraction of sp³-hybridized carbons (Fsp3) is 0.787. The number of ether oxygens (including phenoxy) is 10. The van der Waals surface area contributed by atoms with Crippen LogP contribution >= 0.6 is 23.5 Å². The van der Waals surface area contributed by atoms with Crippen LogP contribution in [0.15, 0.2) is 26.3 Å². The van der Waals surface area contributed by atoms with Crippen molar-refractivity contribution in [3.05, 3.63) is 44.5 Å². The Hall–Kier alpha value is -6.75. The molecule has 0 aliphatic carbocycles. The molecule has 7 aliphatic heterocycles. The van der Waals surface area contributed by atoms with Crippen LogP contribution in [0.1, 0.15) is 121 Å². The molecular weight excluding hydrogens is 1660 g/mol. The first kappa shape index (κ1) is 103. The molecule has 46 heteroatoms. The summed E-state index contributed by atoms with van der Waals surface area (Å²) in [6.45, 7) is 7.66. The van der Waals surface area contributed by atoms with Crippen molar-refractivity contribution in [3.8, 4) is 0 Å². The third-order valence-electron chi connectivity index (χ3n) is 19.8. The van der Waals surface area contributed by atoms with Gasteiger partial charge in [-0.25, -0.2) is 23.5 Å². The molecule has 9 rings (SSSR count). The molecular formula is C75H127FN16O26S3. The number of nitrogen functional groups attached to an aromatic ring is 2. The number of nitrogens with zero attached hydrogens (tertiary/aromatic N) is 6. The molecule has 2 unspecified atom stereocenters. The molecule has 7 aliphatic rings. The van der Waals surface area contributed by atoms with Crippen molar-refractivity contribution < 1.29 is 122 Å². The monoisotopic (exact) mass is 1780 g/mol. The van der Waals surface area contributed by atoms with Crippen LogP contribution < -0.4 is 65.8 Å². The van der Waals surface area contributed by atoms with Crippen LogP contribution in [0.4, 0.5) is 25.6 Å². The highest BCUT2D eigenvalue weighted by Gasteiger charge is 2.47. The van der Waals surface area contributed by atoms with Gasteiger partial charge >= 0.3 is 23.4 Å². The topological polar surface area (TPSA) is 598 Å². The number of aromatic nitrogens is 4. The Morgan fingerprint density at radius 2 is 0.959 bits per heavy atom. The average molecular weight is 1790 g/mol. The molecule has 8 amide bonds. The predicted octanol–water partition coefficient (Wildman–Crippen LogP) is -3.52. The van der Waals surface area contributed by atoms with E-state index in [4.69, 9.17) is 71.0 Å². The lowest BCUT2D eigenvalue weighted by molar-refractivity contribution is -0.142.